The normalized spacial score (nSPS) is 15.1. The zero-order chi connectivity index (χ0) is 24.2. The van der Waals surface area contributed by atoms with Crippen LogP contribution in [0.1, 0.15) is 42.9 Å². The Morgan fingerprint density at radius 1 is 1.15 bits per heavy atom. The van der Waals surface area contributed by atoms with E-state index in [9.17, 15) is 9.59 Å². The fourth-order valence-corrected chi connectivity index (χ4v) is 4.87. The van der Waals surface area contributed by atoms with Crippen molar-refractivity contribution in [2.45, 2.75) is 37.1 Å². The third-order valence-corrected chi connectivity index (χ3v) is 6.77. The van der Waals surface area contributed by atoms with Crippen molar-refractivity contribution in [2.24, 2.45) is 13.0 Å². The highest BCUT2D eigenvalue weighted by molar-refractivity contribution is 7.98. The van der Waals surface area contributed by atoms with Crippen LogP contribution in [0.3, 0.4) is 0 Å². The van der Waals surface area contributed by atoms with Gasteiger partial charge in [-0.25, -0.2) is 0 Å². The number of fused-ring (bicyclic) bond motifs is 1. The number of anilines is 1. The minimum atomic E-state index is -0.420. The van der Waals surface area contributed by atoms with Crippen molar-refractivity contribution in [1.82, 2.24) is 9.55 Å². The smallest absolute Gasteiger partial charge is 0.279 e. The fraction of sp³-hybridized carbons (Fsp3) is 0.346. The second-order valence-electron chi connectivity index (χ2n) is 8.72. The number of carbonyl (C=O) groups is 1. The topological polar surface area (TPSA) is 82.5 Å². The second-order valence-corrected chi connectivity index (χ2v) is 9.66. The average Bonchev–Trinajstić information content (AvgIpc) is 2.84. The predicted octanol–water partition coefficient (Wildman–Crippen LogP) is 4.59. The molecule has 1 unspecified atom stereocenters. The molecule has 0 spiro atoms. The lowest BCUT2D eigenvalue weighted by Crippen LogP contribution is -2.33. The Balaban J connectivity index is 1.68. The summed E-state index contributed by atoms with van der Waals surface area (Å²) in [5.74, 6) is 2.20. The van der Waals surface area contributed by atoms with Crippen LogP contribution in [-0.2, 0) is 17.6 Å². The number of nitrogens with zero attached hydrogens (tertiary/aromatic N) is 2. The number of hydrogen-bond acceptors (Lipinski definition) is 6. The monoisotopic (exact) mass is 479 g/mol. The molecule has 3 aromatic rings. The van der Waals surface area contributed by atoms with Crippen molar-refractivity contribution in [3.63, 3.8) is 0 Å². The Labute approximate surface area is 203 Å². The maximum Gasteiger partial charge on any atom is 0.279 e. The standard InChI is InChI=1S/C26H29N3O4S/c1-16(2)14-33-20-11-10-18(12-21(20)32-4)19-13-22(30)27-24-23(19)25(31)28-26(29(24)3)34-15-17-8-6-5-7-9-17/h5-12,16,19H,13-15H2,1-4H3,(H,27,30). The van der Waals surface area contributed by atoms with Crippen LogP contribution in [0.5, 0.6) is 11.5 Å². The van der Waals surface area contributed by atoms with Crippen LogP contribution in [0, 0.1) is 5.92 Å². The van der Waals surface area contributed by atoms with Crippen LogP contribution in [0.15, 0.2) is 58.5 Å². The summed E-state index contributed by atoms with van der Waals surface area (Å²) in [6, 6.07) is 15.6. The first-order chi connectivity index (χ1) is 16.4. The molecule has 0 fully saturated rings. The van der Waals surface area contributed by atoms with E-state index in [1.165, 1.54) is 11.8 Å². The van der Waals surface area contributed by atoms with Crippen LogP contribution in [0.25, 0.3) is 0 Å². The highest BCUT2D eigenvalue weighted by Gasteiger charge is 2.32. The lowest BCUT2D eigenvalue weighted by atomic mass is 9.86. The number of nitrogens with one attached hydrogen (secondary N) is 1. The lowest BCUT2D eigenvalue weighted by molar-refractivity contribution is -0.116. The molecule has 178 valence electrons. The molecule has 0 saturated carbocycles. The molecule has 8 heteroatoms. The zero-order valence-electron chi connectivity index (χ0n) is 19.8. The quantitative estimate of drug-likeness (QED) is 0.376. The highest BCUT2D eigenvalue weighted by Crippen LogP contribution is 2.39. The summed E-state index contributed by atoms with van der Waals surface area (Å²) in [5, 5.41) is 3.45. The van der Waals surface area contributed by atoms with Gasteiger partial charge in [0.25, 0.3) is 5.56 Å². The van der Waals surface area contributed by atoms with Gasteiger partial charge in [0.15, 0.2) is 16.7 Å². The van der Waals surface area contributed by atoms with Crippen LogP contribution in [0.2, 0.25) is 0 Å². The summed E-state index contributed by atoms with van der Waals surface area (Å²) in [5.41, 5.74) is 2.11. The molecular formula is C26H29N3O4S. The molecular weight excluding hydrogens is 450 g/mol. The molecule has 2 heterocycles. The summed E-state index contributed by atoms with van der Waals surface area (Å²) < 4.78 is 13.2. The molecule has 0 aliphatic carbocycles. The molecule has 7 nitrogen and oxygen atoms in total. The van der Waals surface area contributed by atoms with Crippen molar-refractivity contribution in [2.75, 3.05) is 19.0 Å². The van der Waals surface area contributed by atoms with Crippen molar-refractivity contribution in [3.05, 3.63) is 75.6 Å². The number of carbonyl (C=O) groups excluding carboxylic acids is 1. The van der Waals surface area contributed by atoms with Gasteiger partial charge in [0.1, 0.15) is 5.82 Å². The van der Waals surface area contributed by atoms with E-state index >= 15 is 0 Å². The van der Waals surface area contributed by atoms with Crippen molar-refractivity contribution < 1.29 is 14.3 Å². The van der Waals surface area contributed by atoms with Crippen LogP contribution >= 0.6 is 11.8 Å². The first-order valence-electron chi connectivity index (χ1n) is 11.3. The maximum absolute atomic E-state index is 13.2. The van der Waals surface area contributed by atoms with E-state index < -0.39 is 5.92 Å². The van der Waals surface area contributed by atoms with Crippen molar-refractivity contribution in [3.8, 4) is 11.5 Å². The van der Waals surface area contributed by atoms with E-state index in [0.717, 1.165) is 11.1 Å². The molecule has 1 N–H and O–H groups in total. The summed E-state index contributed by atoms with van der Waals surface area (Å²) >= 11 is 1.47. The molecule has 0 saturated heterocycles. The maximum atomic E-state index is 13.2. The van der Waals surface area contributed by atoms with Gasteiger partial charge in [0, 0.05) is 25.1 Å². The van der Waals surface area contributed by atoms with Gasteiger partial charge in [0.2, 0.25) is 5.91 Å². The van der Waals surface area contributed by atoms with Gasteiger partial charge in [-0.05, 0) is 29.2 Å². The number of thioether (sulfide) groups is 1. The molecule has 1 atom stereocenters. The van der Waals surface area contributed by atoms with Gasteiger partial charge >= 0.3 is 0 Å². The number of hydrogen-bond donors (Lipinski definition) is 1. The van der Waals surface area contributed by atoms with E-state index in [2.05, 4.69) is 24.1 Å². The molecule has 4 rings (SSSR count). The van der Waals surface area contributed by atoms with Gasteiger partial charge in [-0.15, -0.1) is 0 Å². The molecule has 34 heavy (non-hydrogen) atoms. The summed E-state index contributed by atoms with van der Waals surface area (Å²) in [6.07, 6.45) is 0.162. The van der Waals surface area contributed by atoms with E-state index in [-0.39, 0.29) is 17.9 Å². The third kappa shape index (κ3) is 5.12. The highest BCUT2D eigenvalue weighted by atomic mass is 32.2. The lowest BCUT2D eigenvalue weighted by Gasteiger charge is -2.28. The minimum Gasteiger partial charge on any atom is -0.493 e. The van der Waals surface area contributed by atoms with Crippen molar-refractivity contribution >= 4 is 23.5 Å². The summed E-state index contributed by atoms with van der Waals surface area (Å²) in [6.45, 7) is 4.72. The Bertz CT molecular complexity index is 1240. The Morgan fingerprint density at radius 3 is 2.62 bits per heavy atom. The molecule has 1 aromatic heterocycles. The molecule has 0 bridgehead atoms. The van der Waals surface area contributed by atoms with Gasteiger partial charge < -0.3 is 19.4 Å². The largest absolute Gasteiger partial charge is 0.493 e. The molecule has 1 amide bonds. The summed E-state index contributed by atoms with van der Waals surface area (Å²) in [7, 11) is 3.41. The molecule has 0 radical (unpaired) electrons. The average molecular weight is 480 g/mol. The van der Waals surface area contributed by atoms with E-state index in [1.807, 2.05) is 55.6 Å². The number of rotatable bonds is 8. The van der Waals surface area contributed by atoms with Gasteiger partial charge in [0.05, 0.1) is 19.3 Å². The van der Waals surface area contributed by atoms with Gasteiger partial charge in [-0.3, -0.25) is 9.59 Å². The summed E-state index contributed by atoms with van der Waals surface area (Å²) in [4.78, 5) is 30.2. The van der Waals surface area contributed by atoms with Crippen LogP contribution in [0.4, 0.5) is 5.82 Å². The van der Waals surface area contributed by atoms with Crippen LogP contribution in [-0.4, -0.2) is 29.2 Å². The Hall–Kier alpha value is -3.26. The first kappa shape index (κ1) is 23.9. The van der Waals surface area contributed by atoms with E-state index in [0.29, 0.717) is 46.3 Å². The van der Waals surface area contributed by atoms with E-state index in [4.69, 9.17) is 9.47 Å². The van der Waals surface area contributed by atoms with Crippen LogP contribution < -0.4 is 20.3 Å². The fourth-order valence-electron chi connectivity index (χ4n) is 3.95. The number of benzene rings is 2. The Morgan fingerprint density at radius 2 is 1.91 bits per heavy atom. The SMILES string of the molecule is COc1cc(C2CC(=O)Nc3c2c(=O)nc(SCc2ccccc2)n3C)ccc1OCC(C)C. The van der Waals surface area contributed by atoms with Gasteiger partial charge in [-0.2, -0.15) is 4.98 Å². The Kier molecular flexibility index (Phi) is 7.26. The molecule has 2 aromatic carbocycles. The number of methoxy groups -OCH3 is 1. The minimum absolute atomic E-state index is 0.142. The van der Waals surface area contributed by atoms with Crippen molar-refractivity contribution in [1.29, 1.82) is 0 Å². The van der Waals surface area contributed by atoms with E-state index in [1.54, 1.807) is 11.7 Å². The number of ether oxygens (including phenoxy) is 2. The number of amides is 1. The molecule has 1 aliphatic rings. The predicted molar refractivity (Wildman–Crippen MR) is 134 cm³/mol. The second kappa shape index (κ2) is 10.3. The zero-order valence-corrected chi connectivity index (χ0v) is 20.6. The number of aromatic nitrogens is 2. The third-order valence-electron chi connectivity index (χ3n) is 5.67. The first-order valence-corrected chi connectivity index (χ1v) is 12.2. The molecule has 1 aliphatic heterocycles. The van der Waals surface area contributed by atoms with Gasteiger partial charge in [-0.1, -0.05) is 62.0 Å².